The van der Waals surface area contributed by atoms with Gasteiger partial charge in [-0.15, -0.1) is 0 Å². The summed E-state index contributed by atoms with van der Waals surface area (Å²) in [5.41, 5.74) is 5.66. The van der Waals surface area contributed by atoms with E-state index in [2.05, 4.69) is 21.5 Å². The first-order valence-corrected chi connectivity index (χ1v) is 11.1. The van der Waals surface area contributed by atoms with Crippen LogP contribution in [0.4, 0.5) is 5.69 Å². The Balaban J connectivity index is 1.54. The van der Waals surface area contributed by atoms with Crippen LogP contribution in [0.2, 0.25) is 0 Å². The summed E-state index contributed by atoms with van der Waals surface area (Å²) >= 11 is 1.33. The van der Waals surface area contributed by atoms with Crippen LogP contribution in [0.5, 0.6) is 0 Å². The van der Waals surface area contributed by atoms with Gasteiger partial charge < -0.3 is 9.84 Å². The Morgan fingerprint density at radius 1 is 1.09 bits per heavy atom. The number of imide groups is 1. The van der Waals surface area contributed by atoms with Crippen molar-refractivity contribution in [3.8, 4) is 11.1 Å². The summed E-state index contributed by atoms with van der Waals surface area (Å²) < 4.78 is 5.31. The van der Waals surface area contributed by atoms with E-state index in [4.69, 9.17) is 4.52 Å². The number of benzene rings is 2. The summed E-state index contributed by atoms with van der Waals surface area (Å²) in [6.45, 7) is 7.81. The number of carbonyl (C=O) groups excluding carboxylic acids is 2. The van der Waals surface area contributed by atoms with Crippen LogP contribution in [0.15, 0.2) is 52.0 Å². The molecule has 3 aromatic rings. The third-order valence-electron chi connectivity index (χ3n) is 5.38. The number of aryl methyl sites for hydroxylation is 3. The summed E-state index contributed by atoms with van der Waals surface area (Å²) in [6.07, 6.45) is 0. The lowest BCUT2D eigenvalue weighted by Gasteiger charge is -2.21. The van der Waals surface area contributed by atoms with E-state index in [0.29, 0.717) is 16.3 Å². The molecule has 0 radical (unpaired) electrons. The predicted octanol–water partition coefficient (Wildman–Crippen LogP) is 5.04. The van der Waals surface area contributed by atoms with E-state index in [-0.39, 0.29) is 17.2 Å². The number of amides is 2. The van der Waals surface area contributed by atoms with E-state index < -0.39 is 0 Å². The summed E-state index contributed by atoms with van der Waals surface area (Å²) in [5.74, 6) is 0.0794. The van der Waals surface area contributed by atoms with Gasteiger partial charge in [0.2, 0.25) is 0 Å². The first kappa shape index (κ1) is 21.8. The topological polar surface area (TPSA) is 87.8 Å². The van der Waals surface area contributed by atoms with Crippen molar-refractivity contribution in [2.45, 2.75) is 33.1 Å². The standard InChI is InChI=1S/C24H24N4O3S/c1-13-10-11-17(21-14(2)27-31-15(21)3)12-20(13)26-16(4)32-24(25-5)28-22(29)18-8-6-7-9-19(18)23(28)30/h6-12,16,26H,1-5H3. The Bertz CT molecular complexity index is 1190. The van der Waals surface area contributed by atoms with E-state index >= 15 is 0 Å². The number of hydrogen-bond acceptors (Lipinski definition) is 7. The highest BCUT2D eigenvalue weighted by Gasteiger charge is 2.38. The normalized spacial score (nSPS) is 14.7. The van der Waals surface area contributed by atoms with Crippen LogP contribution in [0, 0.1) is 20.8 Å². The van der Waals surface area contributed by atoms with Crippen molar-refractivity contribution in [3.63, 3.8) is 0 Å². The zero-order chi connectivity index (χ0) is 23.0. The molecule has 1 atom stereocenters. The van der Waals surface area contributed by atoms with Crippen molar-refractivity contribution < 1.29 is 14.1 Å². The number of anilines is 1. The Hall–Kier alpha value is -3.39. The SMILES string of the molecule is CN=C(SC(C)Nc1cc(-c2c(C)noc2C)ccc1C)N1C(=O)c2ccccc2C1=O. The molecule has 1 aliphatic rings. The lowest BCUT2D eigenvalue weighted by molar-refractivity contribution is 0.0752. The van der Waals surface area contributed by atoms with E-state index in [1.54, 1.807) is 31.3 Å². The number of nitrogens with one attached hydrogen (secondary N) is 1. The van der Waals surface area contributed by atoms with Gasteiger partial charge in [0.1, 0.15) is 5.76 Å². The fourth-order valence-electron chi connectivity index (χ4n) is 3.80. The van der Waals surface area contributed by atoms with Crippen LogP contribution in [0.3, 0.4) is 0 Å². The molecule has 164 valence electrons. The molecule has 2 heterocycles. The second-order valence-corrected chi connectivity index (χ2v) is 8.94. The molecule has 7 nitrogen and oxygen atoms in total. The maximum Gasteiger partial charge on any atom is 0.267 e. The van der Waals surface area contributed by atoms with Gasteiger partial charge in [-0.1, -0.05) is 41.2 Å². The number of hydrogen-bond donors (Lipinski definition) is 1. The number of aliphatic imine (C=N–C) groups is 1. The maximum atomic E-state index is 12.8. The quantitative estimate of drug-likeness (QED) is 0.260. The third-order valence-corrected chi connectivity index (χ3v) is 6.42. The average molecular weight is 449 g/mol. The van der Waals surface area contributed by atoms with E-state index in [1.165, 1.54) is 11.8 Å². The van der Waals surface area contributed by atoms with Gasteiger partial charge in [-0.2, -0.15) is 0 Å². The third kappa shape index (κ3) is 3.82. The van der Waals surface area contributed by atoms with Gasteiger partial charge >= 0.3 is 0 Å². The van der Waals surface area contributed by atoms with Crippen LogP contribution < -0.4 is 5.32 Å². The summed E-state index contributed by atoms with van der Waals surface area (Å²) in [5, 5.41) is 7.72. The molecule has 32 heavy (non-hydrogen) atoms. The second-order valence-electron chi connectivity index (χ2n) is 7.63. The van der Waals surface area contributed by atoms with Crippen LogP contribution in [-0.2, 0) is 0 Å². The fourth-order valence-corrected chi connectivity index (χ4v) is 4.68. The molecule has 0 aliphatic carbocycles. The van der Waals surface area contributed by atoms with Crippen molar-refractivity contribution in [3.05, 3.63) is 70.6 Å². The van der Waals surface area contributed by atoms with E-state index in [9.17, 15) is 9.59 Å². The number of rotatable bonds is 4. The molecule has 2 amide bonds. The second kappa shape index (κ2) is 8.63. The predicted molar refractivity (Wildman–Crippen MR) is 127 cm³/mol. The molecule has 1 unspecified atom stereocenters. The lowest BCUT2D eigenvalue weighted by Crippen LogP contribution is -2.36. The monoisotopic (exact) mass is 448 g/mol. The molecule has 2 aromatic carbocycles. The van der Waals surface area contributed by atoms with Crippen molar-refractivity contribution in [1.82, 2.24) is 10.1 Å². The van der Waals surface area contributed by atoms with Crippen molar-refractivity contribution >= 4 is 34.4 Å². The Morgan fingerprint density at radius 2 is 1.75 bits per heavy atom. The van der Waals surface area contributed by atoms with E-state index in [0.717, 1.165) is 38.7 Å². The number of aromatic nitrogens is 1. The number of amidine groups is 1. The Kier molecular flexibility index (Phi) is 5.88. The Labute approximate surface area is 190 Å². The molecule has 1 N–H and O–H groups in total. The van der Waals surface area contributed by atoms with E-state index in [1.807, 2.05) is 39.8 Å². The van der Waals surface area contributed by atoms with Crippen LogP contribution in [-0.4, -0.2) is 39.5 Å². The molecule has 8 heteroatoms. The number of thioether (sulfide) groups is 1. The van der Waals surface area contributed by atoms with Crippen LogP contribution in [0.25, 0.3) is 11.1 Å². The van der Waals surface area contributed by atoms with Crippen molar-refractivity contribution in [2.24, 2.45) is 4.99 Å². The smallest absolute Gasteiger partial charge is 0.267 e. The maximum absolute atomic E-state index is 12.8. The van der Waals surface area contributed by atoms with Crippen LogP contribution >= 0.6 is 11.8 Å². The van der Waals surface area contributed by atoms with Gasteiger partial charge in [0.25, 0.3) is 11.8 Å². The molecule has 1 aromatic heterocycles. The van der Waals surface area contributed by atoms with Gasteiger partial charge in [0.05, 0.1) is 22.2 Å². The minimum atomic E-state index is -0.345. The number of nitrogens with zero attached hydrogens (tertiary/aromatic N) is 3. The summed E-state index contributed by atoms with van der Waals surface area (Å²) in [4.78, 5) is 31.0. The van der Waals surface area contributed by atoms with Gasteiger partial charge in [0, 0.05) is 18.3 Å². The lowest BCUT2D eigenvalue weighted by atomic mass is 10.0. The molecule has 0 spiro atoms. The minimum Gasteiger partial charge on any atom is -0.373 e. The first-order chi connectivity index (χ1) is 15.3. The molecular weight excluding hydrogens is 424 g/mol. The first-order valence-electron chi connectivity index (χ1n) is 10.2. The largest absolute Gasteiger partial charge is 0.373 e. The van der Waals surface area contributed by atoms with Crippen LogP contribution in [0.1, 0.15) is 44.7 Å². The molecule has 0 fully saturated rings. The number of carbonyl (C=O) groups is 2. The highest BCUT2D eigenvalue weighted by molar-refractivity contribution is 8.14. The van der Waals surface area contributed by atoms with Gasteiger partial charge in [0.15, 0.2) is 5.17 Å². The van der Waals surface area contributed by atoms with Crippen molar-refractivity contribution in [1.29, 1.82) is 0 Å². The molecule has 4 rings (SSSR count). The zero-order valence-corrected chi connectivity index (χ0v) is 19.4. The summed E-state index contributed by atoms with van der Waals surface area (Å²) in [7, 11) is 1.59. The fraction of sp³-hybridized carbons (Fsp3) is 0.250. The van der Waals surface area contributed by atoms with Gasteiger partial charge in [-0.3, -0.25) is 14.6 Å². The zero-order valence-electron chi connectivity index (χ0n) is 18.6. The highest BCUT2D eigenvalue weighted by Crippen LogP contribution is 2.32. The number of fused-ring (bicyclic) bond motifs is 1. The molecule has 0 bridgehead atoms. The average Bonchev–Trinajstić information content (AvgIpc) is 3.24. The molecule has 0 saturated carbocycles. The molecular formula is C24H24N4O3S. The van der Waals surface area contributed by atoms with Gasteiger partial charge in [-0.05, 0) is 57.0 Å². The molecule has 0 saturated heterocycles. The Morgan fingerprint density at radius 3 is 2.31 bits per heavy atom. The summed E-state index contributed by atoms with van der Waals surface area (Å²) in [6, 6.07) is 13.0. The molecule has 1 aliphatic heterocycles. The van der Waals surface area contributed by atoms with Gasteiger partial charge in [-0.25, -0.2) is 4.90 Å². The van der Waals surface area contributed by atoms with Crippen molar-refractivity contribution in [2.75, 3.05) is 12.4 Å². The minimum absolute atomic E-state index is 0.156. The highest BCUT2D eigenvalue weighted by atomic mass is 32.2.